The minimum Gasteiger partial charge on any atom is -0.372 e. The van der Waals surface area contributed by atoms with Gasteiger partial charge in [0.2, 0.25) is 0 Å². The highest BCUT2D eigenvalue weighted by atomic mass is 35.5. The Kier molecular flexibility index (Phi) is 6.70. The van der Waals surface area contributed by atoms with Crippen molar-refractivity contribution in [1.82, 2.24) is 24.8 Å². The maximum Gasteiger partial charge on any atom is 0.267 e. The van der Waals surface area contributed by atoms with E-state index < -0.39 is 36.5 Å². The molecule has 0 radical (unpaired) electrons. The number of hydrogen-bond acceptors (Lipinski definition) is 5. The number of imidazole rings is 1. The van der Waals surface area contributed by atoms with Crippen molar-refractivity contribution in [3.63, 3.8) is 0 Å². The van der Waals surface area contributed by atoms with Gasteiger partial charge in [-0.2, -0.15) is 5.10 Å². The summed E-state index contributed by atoms with van der Waals surface area (Å²) in [6.45, 7) is -1.02. The lowest BCUT2D eigenvalue weighted by molar-refractivity contribution is 0.0120. The van der Waals surface area contributed by atoms with E-state index >= 15 is 0 Å². The predicted octanol–water partition coefficient (Wildman–Crippen LogP) is 4.64. The van der Waals surface area contributed by atoms with Crippen molar-refractivity contribution >= 4 is 34.9 Å². The third-order valence-electron chi connectivity index (χ3n) is 6.28. The SMILES string of the molecule is CNc1cn2nc(-c3ccc(Cl)c(C(=O)NCc4cc(F)ccc4C(=O)N4CCC(F)(F)C4)c3)ccc2n1. The highest BCUT2D eigenvalue weighted by Gasteiger charge is 2.40. The summed E-state index contributed by atoms with van der Waals surface area (Å²) in [7, 11) is 1.75. The smallest absolute Gasteiger partial charge is 0.267 e. The number of fused-ring (bicyclic) bond motifs is 1. The first-order valence-corrected chi connectivity index (χ1v) is 12.1. The Morgan fingerprint density at radius 3 is 2.66 bits per heavy atom. The van der Waals surface area contributed by atoms with Crippen molar-refractivity contribution in [2.24, 2.45) is 0 Å². The van der Waals surface area contributed by atoms with Crippen LogP contribution in [0.3, 0.4) is 0 Å². The lowest BCUT2D eigenvalue weighted by Crippen LogP contribution is -2.33. The molecule has 1 aliphatic rings. The van der Waals surface area contributed by atoms with Crippen LogP contribution in [0.4, 0.5) is 19.0 Å². The number of carbonyl (C=O) groups is 2. The molecule has 0 bridgehead atoms. The van der Waals surface area contributed by atoms with E-state index in [4.69, 9.17) is 11.6 Å². The standard InChI is InChI=1S/C26H22ClF3N6O2/c1-31-22-13-36-23(33-22)7-6-21(34-36)15-2-5-20(27)19(11-15)24(37)32-12-16-10-17(28)3-4-18(16)25(38)35-9-8-26(29,30)14-35/h2-7,10-11,13,31H,8-9,12,14H2,1H3,(H,32,37). The zero-order valence-electron chi connectivity index (χ0n) is 20.1. The largest absolute Gasteiger partial charge is 0.372 e. The number of amides is 2. The molecule has 38 heavy (non-hydrogen) atoms. The summed E-state index contributed by atoms with van der Waals surface area (Å²) in [5, 5.41) is 10.3. The van der Waals surface area contributed by atoms with Crippen molar-refractivity contribution in [1.29, 1.82) is 0 Å². The normalized spacial score (nSPS) is 14.6. The predicted molar refractivity (Wildman–Crippen MR) is 136 cm³/mol. The average Bonchev–Trinajstić information content (AvgIpc) is 3.49. The summed E-state index contributed by atoms with van der Waals surface area (Å²) in [4.78, 5) is 31.3. The molecule has 1 saturated heterocycles. The van der Waals surface area contributed by atoms with E-state index in [9.17, 15) is 22.8 Å². The fourth-order valence-electron chi connectivity index (χ4n) is 4.28. The van der Waals surface area contributed by atoms with Crippen LogP contribution in [-0.2, 0) is 6.54 Å². The third kappa shape index (κ3) is 5.14. The number of anilines is 1. The van der Waals surface area contributed by atoms with Gasteiger partial charge in [0.1, 0.15) is 11.6 Å². The zero-order valence-corrected chi connectivity index (χ0v) is 20.9. The Morgan fingerprint density at radius 1 is 1.11 bits per heavy atom. The van der Waals surface area contributed by atoms with Gasteiger partial charge in [-0.05, 0) is 48.0 Å². The fraction of sp³-hybridized carbons (Fsp3) is 0.231. The number of aromatic nitrogens is 3. The Labute approximate surface area is 220 Å². The van der Waals surface area contributed by atoms with Crippen molar-refractivity contribution in [3.05, 3.63) is 82.3 Å². The van der Waals surface area contributed by atoms with E-state index in [2.05, 4.69) is 20.7 Å². The van der Waals surface area contributed by atoms with Gasteiger partial charge in [-0.15, -0.1) is 0 Å². The topological polar surface area (TPSA) is 91.6 Å². The van der Waals surface area contributed by atoms with Gasteiger partial charge in [-0.1, -0.05) is 17.7 Å². The molecule has 2 aromatic heterocycles. The van der Waals surface area contributed by atoms with Gasteiger partial charge >= 0.3 is 0 Å². The summed E-state index contributed by atoms with van der Waals surface area (Å²) in [6, 6.07) is 11.8. The molecular formula is C26H22ClF3N6O2. The van der Waals surface area contributed by atoms with Crippen LogP contribution in [0.1, 0.15) is 32.7 Å². The van der Waals surface area contributed by atoms with E-state index in [1.807, 2.05) is 0 Å². The highest BCUT2D eigenvalue weighted by Crippen LogP contribution is 2.29. The molecule has 0 saturated carbocycles. The van der Waals surface area contributed by atoms with Crippen molar-refractivity contribution in [3.8, 4) is 11.3 Å². The summed E-state index contributed by atoms with van der Waals surface area (Å²) in [6.07, 6.45) is 1.30. The first kappa shape index (κ1) is 25.5. The highest BCUT2D eigenvalue weighted by molar-refractivity contribution is 6.34. The van der Waals surface area contributed by atoms with Crippen LogP contribution in [-0.4, -0.2) is 57.4 Å². The number of rotatable bonds is 6. The minimum atomic E-state index is -2.96. The van der Waals surface area contributed by atoms with E-state index in [1.165, 1.54) is 6.07 Å². The molecule has 0 unspecified atom stereocenters. The minimum absolute atomic E-state index is 0.0445. The summed E-state index contributed by atoms with van der Waals surface area (Å²) >= 11 is 6.30. The van der Waals surface area contributed by atoms with Crippen molar-refractivity contribution < 1.29 is 22.8 Å². The molecule has 2 aromatic carbocycles. The number of halogens is 4. The number of alkyl halides is 2. The number of benzene rings is 2. The molecule has 196 valence electrons. The molecule has 1 aliphatic heterocycles. The molecule has 0 spiro atoms. The molecule has 2 N–H and O–H groups in total. The van der Waals surface area contributed by atoms with Gasteiger partial charge in [0.25, 0.3) is 17.7 Å². The summed E-state index contributed by atoms with van der Waals surface area (Å²) in [5.41, 5.74) is 2.20. The van der Waals surface area contributed by atoms with Crippen molar-refractivity contribution in [2.45, 2.75) is 18.9 Å². The Hall–Kier alpha value is -4.12. The van der Waals surface area contributed by atoms with Gasteiger partial charge in [0.05, 0.1) is 29.0 Å². The lowest BCUT2D eigenvalue weighted by Gasteiger charge is -2.18. The maximum absolute atomic E-state index is 14.0. The molecule has 12 heteroatoms. The Bertz CT molecular complexity index is 1560. The molecule has 2 amide bonds. The molecule has 1 fully saturated rings. The lowest BCUT2D eigenvalue weighted by atomic mass is 10.0. The fourth-order valence-corrected chi connectivity index (χ4v) is 4.49. The average molecular weight is 543 g/mol. The van der Waals surface area contributed by atoms with Gasteiger partial charge in [-0.3, -0.25) is 9.59 Å². The monoisotopic (exact) mass is 542 g/mol. The first-order chi connectivity index (χ1) is 18.1. The second kappa shape index (κ2) is 9.97. The molecule has 5 rings (SSSR count). The number of likely N-dealkylation sites (tertiary alicyclic amines) is 1. The van der Waals surface area contributed by atoms with Crippen LogP contribution in [0.2, 0.25) is 5.02 Å². The summed E-state index contributed by atoms with van der Waals surface area (Å²) in [5.74, 6) is -4.14. The van der Waals surface area contributed by atoms with Crippen LogP contribution < -0.4 is 10.6 Å². The van der Waals surface area contributed by atoms with Crippen LogP contribution in [0.25, 0.3) is 16.9 Å². The first-order valence-electron chi connectivity index (χ1n) is 11.7. The van der Waals surface area contributed by atoms with Gasteiger partial charge < -0.3 is 15.5 Å². The Balaban J connectivity index is 1.36. The number of hydrogen-bond donors (Lipinski definition) is 2. The van der Waals surface area contributed by atoms with E-state index in [1.54, 1.807) is 48.1 Å². The summed E-state index contributed by atoms with van der Waals surface area (Å²) < 4.78 is 42.9. The van der Waals surface area contributed by atoms with Crippen molar-refractivity contribution in [2.75, 3.05) is 25.5 Å². The van der Waals surface area contributed by atoms with Gasteiger partial charge in [0.15, 0.2) is 5.65 Å². The molecule has 8 nitrogen and oxygen atoms in total. The van der Waals surface area contributed by atoms with E-state index in [0.29, 0.717) is 22.7 Å². The van der Waals surface area contributed by atoms with Crippen LogP contribution in [0.15, 0.2) is 54.7 Å². The molecule has 0 atom stereocenters. The van der Waals surface area contributed by atoms with E-state index in [0.717, 1.165) is 17.0 Å². The van der Waals surface area contributed by atoms with E-state index in [-0.39, 0.29) is 34.8 Å². The number of carbonyl (C=O) groups excluding carboxylic acids is 2. The van der Waals surface area contributed by atoms with Crippen LogP contribution in [0, 0.1) is 5.82 Å². The molecular weight excluding hydrogens is 521 g/mol. The number of nitrogens with zero attached hydrogens (tertiary/aromatic N) is 4. The zero-order chi connectivity index (χ0) is 27.0. The molecule has 3 heterocycles. The second-order valence-corrected chi connectivity index (χ2v) is 9.32. The second-order valence-electron chi connectivity index (χ2n) is 8.91. The molecule has 4 aromatic rings. The Morgan fingerprint density at radius 2 is 1.92 bits per heavy atom. The van der Waals surface area contributed by atoms with Crippen LogP contribution >= 0.6 is 11.6 Å². The molecule has 0 aliphatic carbocycles. The third-order valence-corrected chi connectivity index (χ3v) is 6.61. The quantitative estimate of drug-likeness (QED) is 0.370. The van der Waals surface area contributed by atoms with Crippen LogP contribution in [0.5, 0.6) is 0 Å². The van der Waals surface area contributed by atoms with Gasteiger partial charge in [0, 0.05) is 37.7 Å². The van der Waals surface area contributed by atoms with Gasteiger partial charge in [-0.25, -0.2) is 22.7 Å². The number of nitrogens with one attached hydrogen (secondary N) is 2. The maximum atomic E-state index is 14.0.